The van der Waals surface area contributed by atoms with Crippen molar-refractivity contribution in [3.63, 3.8) is 0 Å². The Hall–Kier alpha value is -2.87. The molecule has 4 atom stereocenters. The maximum atomic E-state index is 12.7. The van der Waals surface area contributed by atoms with E-state index in [1.54, 1.807) is 26.0 Å². The van der Waals surface area contributed by atoms with E-state index in [0.29, 0.717) is 19.3 Å². The molecule has 2 heterocycles. The summed E-state index contributed by atoms with van der Waals surface area (Å²) in [6.07, 6.45) is 0.429. The number of aromatic amines is 1. The molecule has 2 aliphatic rings. The van der Waals surface area contributed by atoms with Crippen LogP contribution in [0.4, 0.5) is 0 Å². The second-order valence-electron chi connectivity index (χ2n) is 9.01. The standard InChI is InChI=1S/C24H35N4O10P/c1-3-36-39(35,37-4-2)14-15-7-9-16(10-8-15)26-17(29)6-5-12-25-22(33)21-19(31)20(32)23(38-21)28-13-11-18(30)27-24(28)34/h7,9,11,13,19-21,23,31-32H,3-6,8,10,12,14H2,1-2H3,(H,25,33)(H,26,29)(H,27,30,34)/t19-,20+,21-,23+/m0/s1. The van der Waals surface area contributed by atoms with Crippen molar-refractivity contribution in [1.29, 1.82) is 0 Å². The van der Waals surface area contributed by atoms with Gasteiger partial charge >= 0.3 is 13.3 Å². The molecule has 0 spiro atoms. The van der Waals surface area contributed by atoms with Crippen LogP contribution >= 0.6 is 7.60 Å². The van der Waals surface area contributed by atoms with Gasteiger partial charge < -0.3 is 34.6 Å². The van der Waals surface area contributed by atoms with Crippen molar-refractivity contribution < 1.29 is 38.2 Å². The minimum atomic E-state index is -3.19. The van der Waals surface area contributed by atoms with E-state index in [1.165, 1.54) is 0 Å². The number of aromatic nitrogens is 2. The SMILES string of the molecule is CCOP(=O)(CC1=CC=C(NC(=O)CCCNC(=O)[C@H]2O[C@@H](n3ccc(=O)[nH]c3=O)[C@H](O)[C@@H]2O)CC1)OCC. The van der Waals surface area contributed by atoms with E-state index < -0.39 is 49.3 Å². The normalized spacial score (nSPS) is 23.2. The summed E-state index contributed by atoms with van der Waals surface area (Å²) in [7, 11) is -3.19. The molecule has 1 saturated heterocycles. The number of amides is 2. The fourth-order valence-corrected chi connectivity index (χ4v) is 6.03. The summed E-state index contributed by atoms with van der Waals surface area (Å²) in [5.41, 5.74) is 0.127. The van der Waals surface area contributed by atoms with Crippen LogP contribution in [0.25, 0.3) is 0 Å². The first kappa shape index (κ1) is 30.7. The van der Waals surface area contributed by atoms with E-state index in [9.17, 15) is 34.0 Å². The van der Waals surface area contributed by atoms with Gasteiger partial charge in [0, 0.05) is 30.9 Å². The van der Waals surface area contributed by atoms with Gasteiger partial charge in [0.05, 0.1) is 19.4 Å². The number of ether oxygens (including phenoxy) is 1. The number of hydrogen-bond acceptors (Lipinski definition) is 10. The van der Waals surface area contributed by atoms with Gasteiger partial charge in [-0.2, -0.15) is 0 Å². The monoisotopic (exact) mass is 570 g/mol. The number of aliphatic hydroxyl groups is 2. The van der Waals surface area contributed by atoms with Gasteiger partial charge in [-0.05, 0) is 39.2 Å². The van der Waals surface area contributed by atoms with Gasteiger partial charge in [-0.25, -0.2) is 4.79 Å². The summed E-state index contributed by atoms with van der Waals surface area (Å²) in [4.78, 5) is 50.0. The van der Waals surface area contributed by atoms with Gasteiger partial charge in [-0.1, -0.05) is 11.6 Å². The highest BCUT2D eigenvalue weighted by Crippen LogP contribution is 2.50. The summed E-state index contributed by atoms with van der Waals surface area (Å²) in [6, 6.07) is 1.05. The lowest BCUT2D eigenvalue weighted by Gasteiger charge is -2.21. The van der Waals surface area contributed by atoms with Crippen molar-refractivity contribution in [2.45, 2.75) is 64.1 Å². The number of carbonyl (C=O) groups excluding carboxylic acids is 2. The Bertz CT molecular complexity index is 1250. The topological polar surface area (TPSA) is 198 Å². The number of aliphatic hydroxyl groups excluding tert-OH is 2. The quantitative estimate of drug-likeness (QED) is 0.159. The van der Waals surface area contributed by atoms with E-state index in [1.807, 2.05) is 4.98 Å². The molecule has 0 aromatic carbocycles. The maximum absolute atomic E-state index is 12.7. The molecule has 1 aliphatic carbocycles. The van der Waals surface area contributed by atoms with Gasteiger partial charge in [-0.15, -0.1) is 0 Å². The van der Waals surface area contributed by atoms with Crippen molar-refractivity contribution >= 4 is 19.4 Å². The molecule has 0 saturated carbocycles. The van der Waals surface area contributed by atoms with Crippen LogP contribution in [0, 0.1) is 0 Å². The fraction of sp³-hybridized carbons (Fsp3) is 0.583. The second kappa shape index (κ2) is 14.0. The van der Waals surface area contributed by atoms with Crippen LogP contribution in [0.5, 0.6) is 0 Å². The van der Waals surface area contributed by atoms with Crippen LogP contribution in [0.15, 0.2) is 45.3 Å². The van der Waals surface area contributed by atoms with Crippen LogP contribution in [0.3, 0.4) is 0 Å². The molecule has 0 unspecified atom stereocenters. The first-order valence-electron chi connectivity index (χ1n) is 12.7. The minimum Gasteiger partial charge on any atom is -0.387 e. The van der Waals surface area contributed by atoms with Gasteiger partial charge in [0.2, 0.25) is 5.91 Å². The predicted molar refractivity (Wildman–Crippen MR) is 139 cm³/mol. The van der Waals surface area contributed by atoms with E-state index in [4.69, 9.17) is 13.8 Å². The molecule has 5 N–H and O–H groups in total. The lowest BCUT2D eigenvalue weighted by Crippen LogP contribution is -2.43. The third kappa shape index (κ3) is 8.31. The highest BCUT2D eigenvalue weighted by Gasteiger charge is 2.47. The molecule has 2 amide bonds. The van der Waals surface area contributed by atoms with Gasteiger partial charge in [0.15, 0.2) is 12.3 Å². The Morgan fingerprint density at radius 2 is 1.87 bits per heavy atom. The molecular formula is C24H35N4O10P. The van der Waals surface area contributed by atoms with Crippen LogP contribution < -0.4 is 21.9 Å². The van der Waals surface area contributed by atoms with Gasteiger partial charge in [-0.3, -0.25) is 28.5 Å². The first-order chi connectivity index (χ1) is 18.6. The van der Waals surface area contributed by atoms with Crippen molar-refractivity contribution in [2.75, 3.05) is 25.9 Å². The summed E-state index contributed by atoms with van der Waals surface area (Å²) in [6.45, 7) is 4.19. The molecule has 39 heavy (non-hydrogen) atoms. The molecule has 3 rings (SSSR count). The second-order valence-corrected chi connectivity index (χ2v) is 11.1. The van der Waals surface area contributed by atoms with E-state index in [0.717, 1.165) is 28.1 Å². The molecule has 1 aromatic rings. The Balaban J connectivity index is 1.42. The molecule has 15 heteroatoms. The number of nitrogens with one attached hydrogen (secondary N) is 3. The van der Waals surface area contributed by atoms with Crippen molar-refractivity contribution in [1.82, 2.24) is 20.2 Å². The van der Waals surface area contributed by atoms with E-state index >= 15 is 0 Å². The Morgan fingerprint density at radius 1 is 1.15 bits per heavy atom. The Morgan fingerprint density at radius 3 is 2.49 bits per heavy atom. The molecule has 216 valence electrons. The first-order valence-corrected chi connectivity index (χ1v) is 14.5. The summed E-state index contributed by atoms with van der Waals surface area (Å²) >= 11 is 0. The van der Waals surface area contributed by atoms with Crippen LogP contribution in [0.1, 0.15) is 45.8 Å². The minimum absolute atomic E-state index is 0.103. The lowest BCUT2D eigenvalue weighted by atomic mass is 10.0. The Kier molecular flexibility index (Phi) is 11.0. The predicted octanol–water partition coefficient (Wildman–Crippen LogP) is 0.0386. The molecular weight excluding hydrogens is 535 g/mol. The number of allylic oxidation sites excluding steroid dienone is 4. The Labute approximate surface area is 224 Å². The third-order valence-corrected chi connectivity index (χ3v) is 8.18. The van der Waals surface area contributed by atoms with E-state index in [2.05, 4.69) is 10.6 Å². The lowest BCUT2D eigenvalue weighted by molar-refractivity contribution is -0.138. The zero-order chi connectivity index (χ0) is 28.6. The number of hydrogen-bond donors (Lipinski definition) is 5. The zero-order valence-electron chi connectivity index (χ0n) is 21.8. The third-order valence-electron chi connectivity index (χ3n) is 6.09. The van der Waals surface area contributed by atoms with Crippen LogP contribution in [-0.2, 0) is 27.9 Å². The maximum Gasteiger partial charge on any atom is 0.334 e. The molecule has 0 bridgehead atoms. The zero-order valence-corrected chi connectivity index (χ0v) is 22.7. The van der Waals surface area contributed by atoms with Gasteiger partial charge in [0.1, 0.15) is 12.2 Å². The number of H-pyrrole nitrogens is 1. The summed E-state index contributed by atoms with van der Waals surface area (Å²) < 4.78 is 29.6. The van der Waals surface area contributed by atoms with E-state index in [-0.39, 0.29) is 38.2 Å². The van der Waals surface area contributed by atoms with Crippen LogP contribution in [0.2, 0.25) is 0 Å². The smallest absolute Gasteiger partial charge is 0.334 e. The molecule has 14 nitrogen and oxygen atoms in total. The number of nitrogens with zero attached hydrogens (tertiary/aromatic N) is 1. The molecule has 1 aliphatic heterocycles. The van der Waals surface area contributed by atoms with Crippen molar-refractivity contribution in [3.05, 3.63) is 56.5 Å². The molecule has 1 fully saturated rings. The van der Waals surface area contributed by atoms with Crippen LogP contribution in [-0.4, -0.2) is 75.8 Å². The average molecular weight is 571 g/mol. The molecule has 0 radical (unpaired) electrons. The van der Waals surface area contributed by atoms with Crippen molar-refractivity contribution in [3.8, 4) is 0 Å². The molecule has 1 aromatic heterocycles. The van der Waals surface area contributed by atoms with Gasteiger partial charge in [0.25, 0.3) is 11.5 Å². The fourth-order valence-electron chi connectivity index (χ4n) is 4.22. The number of rotatable bonds is 13. The number of carbonyl (C=O) groups is 2. The highest BCUT2D eigenvalue weighted by atomic mass is 31.2. The summed E-state index contributed by atoms with van der Waals surface area (Å²) in [5.74, 6) is -0.960. The average Bonchev–Trinajstić information content (AvgIpc) is 3.17. The van der Waals surface area contributed by atoms with Crippen molar-refractivity contribution in [2.24, 2.45) is 0 Å². The highest BCUT2D eigenvalue weighted by molar-refractivity contribution is 7.54. The largest absolute Gasteiger partial charge is 0.387 e. The summed E-state index contributed by atoms with van der Waals surface area (Å²) in [5, 5.41) is 25.9.